The first-order valence-corrected chi connectivity index (χ1v) is 11.8. The fourth-order valence-corrected chi connectivity index (χ4v) is 4.60. The van der Waals surface area contributed by atoms with Crippen LogP contribution < -0.4 is 5.32 Å². The average Bonchev–Trinajstić information content (AvgIpc) is 2.58. The van der Waals surface area contributed by atoms with E-state index < -0.39 is 10.0 Å². The fraction of sp³-hybridized carbons (Fsp3) is 0.944. The zero-order valence-electron chi connectivity index (χ0n) is 16.9. The van der Waals surface area contributed by atoms with Crippen LogP contribution in [0.15, 0.2) is 4.99 Å². The van der Waals surface area contributed by atoms with Crippen LogP contribution in [0, 0.1) is 11.8 Å². The van der Waals surface area contributed by atoms with Crippen LogP contribution in [0.4, 0.5) is 0 Å². The summed E-state index contributed by atoms with van der Waals surface area (Å²) >= 11 is 0. The molecular weight excluding hydrogens is 350 g/mol. The molecule has 8 heteroatoms. The molecule has 7 nitrogen and oxygen atoms in total. The van der Waals surface area contributed by atoms with Crippen LogP contribution in [0.1, 0.15) is 33.6 Å². The van der Waals surface area contributed by atoms with E-state index in [4.69, 9.17) is 4.99 Å². The third-order valence-corrected chi connectivity index (χ3v) is 6.48. The van der Waals surface area contributed by atoms with Crippen molar-refractivity contribution in [1.82, 2.24) is 19.4 Å². The van der Waals surface area contributed by atoms with Crippen LogP contribution in [0.25, 0.3) is 0 Å². The number of aliphatic imine (C=N–C) groups is 1. The van der Waals surface area contributed by atoms with E-state index in [1.807, 2.05) is 0 Å². The zero-order chi connectivity index (χ0) is 19.2. The maximum absolute atomic E-state index is 11.6. The number of guanidine groups is 1. The predicted molar refractivity (Wildman–Crippen MR) is 108 cm³/mol. The van der Waals surface area contributed by atoms with E-state index >= 15 is 0 Å². The molecule has 0 amide bonds. The molecule has 2 saturated heterocycles. The van der Waals surface area contributed by atoms with Crippen LogP contribution >= 0.6 is 0 Å². The van der Waals surface area contributed by atoms with Gasteiger partial charge in [0.1, 0.15) is 0 Å². The van der Waals surface area contributed by atoms with Crippen molar-refractivity contribution in [3.63, 3.8) is 0 Å². The quantitative estimate of drug-likeness (QED) is 0.542. The van der Waals surface area contributed by atoms with Crippen molar-refractivity contribution in [2.24, 2.45) is 16.8 Å². The van der Waals surface area contributed by atoms with Gasteiger partial charge in [-0.25, -0.2) is 12.7 Å². The highest BCUT2D eigenvalue weighted by molar-refractivity contribution is 7.88. The van der Waals surface area contributed by atoms with Gasteiger partial charge in [0.05, 0.1) is 6.26 Å². The average molecular weight is 388 g/mol. The molecule has 2 rings (SSSR count). The molecule has 2 aliphatic heterocycles. The van der Waals surface area contributed by atoms with E-state index in [0.717, 1.165) is 58.1 Å². The molecule has 1 N–H and O–H groups in total. The molecule has 0 atom stereocenters. The molecule has 0 saturated carbocycles. The summed E-state index contributed by atoms with van der Waals surface area (Å²) < 4.78 is 24.8. The zero-order valence-corrected chi connectivity index (χ0v) is 17.8. The number of sulfonamides is 1. The molecule has 0 aromatic carbocycles. The smallest absolute Gasteiger partial charge is 0.211 e. The molecule has 0 radical (unpaired) electrons. The van der Waals surface area contributed by atoms with Gasteiger partial charge in [0.15, 0.2) is 5.96 Å². The molecule has 2 fully saturated rings. The lowest BCUT2D eigenvalue weighted by Gasteiger charge is -2.37. The monoisotopic (exact) mass is 387 g/mol. The Morgan fingerprint density at radius 1 is 1.12 bits per heavy atom. The molecular formula is C18H37N5O2S. The van der Waals surface area contributed by atoms with Gasteiger partial charge in [-0.2, -0.15) is 0 Å². The Labute approximate surface area is 159 Å². The summed E-state index contributed by atoms with van der Waals surface area (Å²) in [6.45, 7) is 15.0. The van der Waals surface area contributed by atoms with Crippen LogP contribution in [-0.2, 0) is 10.0 Å². The molecule has 0 unspecified atom stereocenters. The molecule has 26 heavy (non-hydrogen) atoms. The van der Waals surface area contributed by atoms with Gasteiger partial charge in [0.2, 0.25) is 10.0 Å². The van der Waals surface area contributed by atoms with Gasteiger partial charge < -0.3 is 10.2 Å². The molecule has 0 spiro atoms. The van der Waals surface area contributed by atoms with E-state index in [1.54, 1.807) is 4.31 Å². The number of hydrogen-bond acceptors (Lipinski definition) is 4. The predicted octanol–water partition coefficient (Wildman–Crippen LogP) is 0.897. The molecule has 2 heterocycles. The Morgan fingerprint density at radius 2 is 1.73 bits per heavy atom. The van der Waals surface area contributed by atoms with E-state index in [1.165, 1.54) is 12.8 Å². The molecule has 0 aromatic heterocycles. The molecule has 2 aliphatic rings. The van der Waals surface area contributed by atoms with Crippen molar-refractivity contribution in [1.29, 1.82) is 0 Å². The maximum Gasteiger partial charge on any atom is 0.211 e. The number of hydrogen-bond donors (Lipinski definition) is 1. The highest BCUT2D eigenvalue weighted by Crippen LogP contribution is 2.19. The summed E-state index contributed by atoms with van der Waals surface area (Å²) in [5.41, 5.74) is 0. The van der Waals surface area contributed by atoms with Crippen LogP contribution in [-0.4, -0.2) is 93.6 Å². The number of piperidine rings is 1. The summed E-state index contributed by atoms with van der Waals surface area (Å²) in [6.07, 6.45) is 3.10. The summed E-state index contributed by atoms with van der Waals surface area (Å²) in [4.78, 5) is 9.78. The molecule has 0 aliphatic carbocycles. The van der Waals surface area contributed by atoms with Gasteiger partial charge >= 0.3 is 0 Å². The highest BCUT2D eigenvalue weighted by Gasteiger charge is 2.25. The van der Waals surface area contributed by atoms with E-state index in [-0.39, 0.29) is 0 Å². The van der Waals surface area contributed by atoms with Crippen molar-refractivity contribution in [2.75, 3.05) is 65.2 Å². The number of nitrogens with zero attached hydrogens (tertiary/aromatic N) is 4. The molecule has 0 aromatic rings. The summed E-state index contributed by atoms with van der Waals surface area (Å²) in [5, 5.41) is 3.43. The van der Waals surface area contributed by atoms with E-state index in [2.05, 4.69) is 35.9 Å². The Morgan fingerprint density at radius 3 is 2.23 bits per heavy atom. The van der Waals surface area contributed by atoms with Gasteiger partial charge in [-0.1, -0.05) is 13.8 Å². The summed E-state index contributed by atoms with van der Waals surface area (Å²) in [7, 11) is -3.05. The van der Waals surface area contributed by atoms with Gasteiger partial charge in [-0.15, -0.1) is 0 Å². The Balaban J connectivity index is 1.84. The van der Waals surface area contributed by atoms with Crippen LogP contribution in [0.3, 0.4) is 0 Å². The first-order valence-electron chi connectivity index (χ1n) is 10.00. The van der Waals surface area contributed by atoms with Crippen molar-refractivity contribution in [3.05, 3.63) is 0 Å². The largest absolute Gasteiger partial charge is 0.357 e. The van der Waals surface area contributed by atoms with Crippen molar-refractivity contribution in [3.8, 4) is 0 Å². The topological polar surface area (TPSA) is 68.2 Å². The minimum atomic E-state index is -3.05. The first-order chi connectivity index (χ1) is 12.3. The molecule has 152 valence electrons. The molecule has 0 bridgehead atoms. The van der Waals surface area contributed by atoms with Gasteiger partial charge in [-0.3, -0.25) is 9.89 Å². The summed E-state index contributed by atoms with van der Waals surface area (Å²) in [6, 6.07) is 0. The van der Waals surface area contributed by atoms with Crippen molar-refractivity contribution in [2.45, 2.75) is 33.6 Å². The van der Waals surface area contributed by atoms with Crippen molar-refractivity contribution >= 4 is 16.0 Å². The number of rotatable bonds is 6. The maximum atomic E-state index is 11.6. The van der Waals surface area contributed by atoms with Gasteiger partial charge in [0.25, 0.3) is 0 Å². The second-order valence-corrected chi connectivity index (χ2v) is 9.96. The SMILES string of the molecule is CCNC(=NCC1CCN(S(C)(=O)=O)CC1)N1CCN(CC(C)C)CC1. The second kappa shape index (κ2) is 9.90. The highest BCUT2D eigenvalue weighted by atomic mass is 32.2. The van der Waals surface area contributed by atoms with Crippen LogP contribution in [0.2, 0.25) is 0 Å². The lowest BCUT2D eigenvalue weighted by molar-refractivity contribution is 0.163. The lowest BCUT2D eigenvalue weighted by atomic mass is 9.98. The minimum absolute atomic E-state index is 0.476. The second-order valence-electron chi connectivity index (χ2n) is 7.98. The van der Waals surface area contributed by atoms with Crippen molar-refractivity contribution < 1.29 is 8.42 Å². The minimum Gasteiger partial charge on any atom is -0.357 e. The van der Waals surface area contributed by atoms with Crippen LogP contribution in [0.5, 0.6) is 0 Å². The third-order valence-electron chi connectivity index (χ3n) is 5.17. The van der Waals surface area contributed by atoms with Gasteiger partial charge in [0, 0.05) is 58.9 Å². The third kappa shape index (κ3) is 6.70. The van der Waals surface area contributed by atoms with E-state index in [9.17, 15) is 8.42 Å². The Kier molecular flexibility index (Phi) is 8.16. The fourth-order valence-electron chi connectivity index (χ4n) is 3.72. The van der Waals surface area contributed by atoms with E-state index in [0.29, 0.717) is 24.9 Å². The standard InChI is InChI=1S/C18H37N5O2S/c1-5-19-18(22-12-10-21(11-13-22)15-16(2)3)20-14-17-6-8-23(9-7-17)26(4,24)25/h16-17H,5-15H2,1-4H3,(H,19,20). The lowest BCUT2D eigenvalue weighted by Crippen LogP contribution is -2.53. The normalized spacial score (nSPS) is 22.2. The Bertz CT molecular complexity index is 548. The number of piperazine rings is 1. The first kappa shape index (κ1) is 21.4. The van der Waals surface area contributed by atoms with Gasteiger partial charge in [-0.05, 0) is 31.6 Å². The summed E-state index contributed by atoms with van der Waals surface area (Å²) in [5.74, 6) is 2.20. The Hall–Kier alpha value is -0.860. The number of nitrogens with one attached hydrogen (secondary N) is 1.